The van der Waals surface area contributed by atoms with Gasteiger partial charge in [0.15, 0.2) is 11.4 Å². The van der Waals surface area contributed by atoms with Crippen LogP contribution in [-0.2, 0) is 13.1 Å². The van der Waals surface area contributed by atoms with Crippen LogP contribution >= 0.6 is 0 Å². The fourth-order valence-corrected chi connectivity index (χ4v) is 3.61. The van der Waals surface area contributed by atoms with E-state index >= 15 is 0 Å². The van der Waals surface area contributed by atoms with Crippen molar-refractivity contribution in [1.82, 2.24) is 19.1 Å². The number of H-pyrrole nitrogens is 1. The third-order valence-corrected chi connectivity index (χ3v) is 5.25. The van der Waals surface area contributed by atoms with Gasteiger partial charge in [-0.25, -0.2) is 9.78 Å². The number of hydrogen-bond donors (Lipinski definition) is 1. The molecule has 0 spiro atoms. The van der Waals surface area contributed by atoms with Crippen LogP contribution in [0.25, 0.3) is 33.7 Å². The molecule has 4 aromatic rings. The van der Waals surface area contributed by atoms with Crippen LogP contribution in [0.3, 0.4) is 0 Å². The minimum atomic E-state index is -0.362. The van der Waals surface area contributed by atoms with Gasteiger partial charge in [0, 0.05) is 24.2 Å². The molecule has 30 heavy (non-hydrogen) atoms. The lowest BCUT2D eigenvalue weighted by Gasteiger charge is -2.06. The molecule has 2 aromatic heterocycles. The summed E-state index contributed by atoms with van der Waals surface area (Å²) >= 11 is 0. The van der Waals surface area contributed by atoms with Crippen molar-refractivity contribution in [3.05, 3.63) is 74.9 Å². The number of nitrogens with zero attached hydrogens (tertiary/aromatic N) is 3. The van der Waals surface area contributed by atoms with Gasteiger partial charge in [0.05, 0.1) is 0 Å². The minimum absolute atomic E-state index is 0.0236. The fraction of sp³-hybridized carbons (Fsp3) is 0.217. The Bertz CT molecular complexity index is 1370. The van der Waals surface area contributed by atoms with Crippen molar-refractivity contribution in [3.8, 4) is 22.5 Å². The average molecular weight is 402 g/mol. The van der Waals surface area contributed by atoms with Gasteiger partial charge < -0.3 is 4.98 Å². The van der Waals surface area contributed by atoms with Crippen molar-refractivity contribution in [1.29, 1.82) is 0 Å². The van der Waals surface area contributed by atoms with E-state index in [9.17, 15) is 14.4 Å². The highest BCUT2D eigenvalue weighted by Gasteiger charge is 2.16. The quantitative estimate of drug-likeness (QED) is 0.518. The largest absolute Gasteiger partial charge is 0.332 e. The van der Waals surface area contributed by atoms with Gasteiger partial charge in [-0.2, -0.15) is 0 Å². The maximum Gasteiger partial charge on any atom is 0.332 e. The summed E-state index contributed by atoms with van der Waals surface area (Å²) in [5.74, 6) is 0.553. The second-order valence-electron chi connectivity index (χ2n) is 7.07. The van der Waals surface area contributed by atoms with Gasteiger partial charge in [0.1, 0.15) is 11.3 Å². The van der Waals surface area contributed by atoms with Crippen LogP contribution in [0.2, 0.25) is 0 Å². The van der Waals surface area contributed by atoms with E-state index in [4.69, 9.17) is 0 Å². The zero-order valence-corrected chi connectivity index (χ0v) is 17.1. The molecule has 0 bridgehead atoms. The first-order valence-electron chi connectivity index (χ1n) is 9.89. The lowest BCUT2D eigenvalue weighted by atomic mass is 10.0. The Kier molecular flexibility index (Phi) is 4.95. The van der Waals surface area contributed by atoms with Gasteiger partial charge in [-0.05, 0) is 38.0 Å². The number of aromatic amines is 1. The fourth-order valence-electron chi connectivity index (χ4n) is 3.61. The Labute approximate surface area is 172 Å². The number of aryl methyl sites for hydroxylation is 1. The number of Topliss-reactive ketones (excluding diaryl/α,β-unsaturated/α-hetero) is 1. The normalized spacial score (nSPS) is 11.2. The predicted molar refractivity (Wildman–Crippen MR) is 117 cm³/mol. The average Bonchev–Trinajstić information content (AvgIpc) is 3.20. The molecular formula is C23H22N4O3. The van der Waals surface area contributed by atoms with Crippen molar-refractivity contribution >= 4 is 16.9 Å². The number of nitrogens with one attached hydrogen (secondary N) is 1. The van der Waals surface area contributed by atoms with Crippen LogP contribution in [0.1, 0.15) is 31.1 Å². The highest BCUT2D eigenvalue weighted by atomic mass is 16.2. The van der Waals surface area contributed by atoms with E-state index in [-0.39, 0.29) is 17.0 Å². The summed E-state index contributed by atoms with van der Waals surface area (Å²) in [6.07, 6.45) is 0. The molecule has 0 saturated carbocycles. The maximum atomic E-state index is 12.7. The van der Waals surface area contributed by atoms with Crippen molar-refractivity contribution in [2.24, 2.45) is 0 Å². The molecule has 2 aromatic carbocycles. The van der Waals surface area contributed by atoms with Gasteiger partial charge in [0.2, 0.25) is 0 Å². The van der Waals surface area contributed by atoms with Crippen LogP contribution in [0.5, 0.6) is 0 Å². The number of ketones is 1. The number of carbonyl (C=O) groups is 1. The third kappa shape index (κ3) is 3.18. The van der Waals surface area contributed by atoms with E-state index in [1.807, 2.05) is 49.4 Å². The van der Waals surface area contributed by atoms with Crippen molar-refractivity contribution in [2.45, 2.75) is 33.9 Å². The second kappa shape index (κ2) is 7.59. The summed E-state index contributed by atoms with van der Waals surface area (Å²) in [7, 11) is 0. The molecule has 152 valence electrons. The van der Waals surface area contributed by atoms with Crippen molar-refractivity contribution < 1.29 is 4.79 Å². The van der Waals surface area contributed by atoms with E-state index in [0.717, 1.165) is 16.7 Å². The van der Waals surface area contributed by atoms with E-state index in [1.54, 1.807) is 19.9 Å². The van der Waals surface area contributed by atoms with Gasteiger partial charge in [-0.1, -0.05) is 42.5 Å². The van der Waals surface area contributed by atoms with Crippen molar-refractivity contribution in [2.75, 3.05) is 0 Å². The molecular weight excluding hydrogens is 380 g/mol. The Morgan fingerprint density at radius 2 is 1.60 bits per heavy atom. The standard InChI is InChI=1S/C23H22N4O3/c1-4-26-21-19(22(29)27(5-2)23(26)30)24-20(25-21)16-11-9-15(10-12-16)18-8-6-7-17(13-18)14(3)28/h6-13H,4-5H2,1-3H3,(H,24,25). The number of carbonyl (C=O) groups excluding carboxylic acids is 1. The van der Waals surface area contributed by atoms with Crippen LogP contribution in [0, 0.1) is 0 Å². The number of hydrogen-bond acceptors (Lipinski definition) is 4. The number of fused-ring (bicyclic) bond motifs is 1. The van der Waals surface area contributed by atoms with E-state index in [2.05, 4.69) is 9.97 Å². The van der Waals surface area contributed by atoms with Crippen LogP contribution in [-0.4, -0.2) is 24.9 Å². The van der Waals surface area contributed by atoms with E-state index in [1.165, 1.54) is 9.13 Å². The molecule has 7 nitrogen and oxygen atoms in total. The maximum absolute atomic E-state index is 12.7. The number of aromatic nitrogens is 4. The summed E-state index contributed by atoms with van der Waals surface area (Å²) in [6.45, 7) is 5.89. The SMILES string of the molecule is CCn1c(=O)c2[nH]c(-c3ccc(-c4cccc(C(C)=O)c4)cc3)nc2n(CC)c1=O. The first-order chi connectivity index (χ1) is 14.4. The van der Waals surface area contributed by atoms with Gasteiger partial charge in [0.25, 0.3) is 5.56 Å². The molecule has 0 fully saturated rings. The highest BCUT2D eigenvalue weighted by molar-refractivity contribution is 5.95. The van der Waals surface area contributed by atoms with Crippen molar-refractivity contribution in [3.63, 3.8) is 0 Å². The first kappa shape index (κ1) is 19.6. The Balaban J connectivity index is 1.79. The summed E-state index contributed by atoms with van der Waals surface area (Å²) in [5, 5.41) is 0. The Hall–Kier alpha value is -3.74. The molecule has 1 N–H and O–H groups in total. The minimum Gasteiger partial charge on any atom is -0.332 e. The molecule has 4 rings (SSSR count). The number of benzene rings is 2. The molecule has 0 aliphatic rings. The summed E-state index contributed by atoms with van der Waals surface area (Å²) in [5.41, 5.74) is 3.36. The molecule has 0 atom stereocenters. The van der Waals surface area contributed by atoms with Gasteiger partial charge >= 0.3 is 5.69 Å². The highest BCUT2D eigenvalue weighted by Crippen LogP contribution is 2.25. The van der Waals surface area contributed by atoms with Crippen LogP contribution in [0.15, 0.2) is 58.1 Å². The zero-order chi connectivity index (χ0) is 21.4. The molecule has 0 amide bonds. The van der Waals surface area contributed by atoms with Gasteiger partial charge in [-0.3, -0.25) is 18.7 Å². The van der Waals surface area contributed by atoms with Crippen LogP contribution in [0.4, 0.5) is 0 Å². The topological polar surface area (TPSA) is 89.8 Å². The second-order valence-corrected chi connectivity index (χ2v) is 7.07. The Morgan fingerprint density at radius 1 is 0.933 bits per heavy atom. The first-order valence-corrected chi connectivity index (χ1v) is 9.89. The molecule has 0 aliphatic heterocycles. The molecule has 2 heterocycles. The van der Waals surface area contributed by atoms with Crippen LogP contribution < -0.4 is 11.2 Å². The molecule has 7 heteroatoms. The van der Waals surface area contributed by atoms with E-state index < -0.39 is 0 Å². The van der Waals surface area contributed by atoms with E-state index in [0.29, 0.717) is 35.6 Å². The molecule has 0 aliphatic carbocycles. The summed E-state index contributed by atoms with van der Waals surface area (Å²) < 4.78 is 2.71. The summed E-state index contributed by atoms with van der Waals surface area (Å²) in [6, 6.07) is 15.2. The molecule has 0 radical (unpaired) electrons. The lowest BCUT2D eigenvalue weighted by Crippen LogP contribution is -2.39. The monoisotopic (exact) mass is 402 g/mol. The zero-order valence-electron chi connectivity index (χ0n) is 17.1. The third-order valence-electron chi connectivity index (χ3n) is 5.25. The predicted octanol–water partition coefficient (Wildman–Crippen LogP) is 3.46. The Morgan fingerprint density at radius 3 is 2.23 bits per heavy atom. The molecule has 0 saturated heterocycles. The van der Waals surface area contributed by atoms with Gasteiger partial charge in [-0.15, -0.1) is 0 Å². The summed E-state index contributed by atoms with van der Waals surface area (Å²) in [4.78, 5) is 44.5. The number of rotatable bonds is 5. The number of imidazole rings is 1. The lowest BCUT2D eigenvalue weighted by molar-refractivity contribution is 0.101. The smallest absolute Gasteiger partial charge is 0.332 e. The molecule has 0 unspecified atom stereocenters.